The Hall–Kier alpha value is -1.77. The molecule has 0 nitrogen and oxygen atoms in total. The van der Waals surface area contributed by atoms with Crippen molar-refractivity contribution in [3.05, 3.63) is 71.3 Å². The molecule has 23 heavy (non-hydrogen) atoms. The fourth-order valence-corrected chi connectivity index (χ4v) is 1.54. The minimum atomic E-state index is -4.22. The average molecular weight is 326 g/mol. The summed E-state index contributed by atoms with van der Waals surface area (Å²) in [5.41, 5.74) is 1.45. The van der Waals surface area contributed by atoms with E-state index in [2.05, 4.69) is 31.2 Å². The fraction of sp³-hybridized carbons (Fsp3) is 0.400. The third-order valence-electron chi connectivity index (χ3n) is 2.60. The minimum Gasteiger partial charge on any atom is -0.166 e. The van der Waals surface area contributed by atoms with Gasteiger partial charge in [0.25, 0.3) is 0 Å². The molecule has 0 saturated heterocycles. The Bertz CT molecular complexity index is 488. The molecule has 0 saturated carbocycles. The van der Waals surface area contributed by atoms with E-state index in [1.165, 1.54) is 11.6 Å². The highest BCUT2D eigenvalue weighted by Gasteiger charge is 2.29. The molecule has 0 aliphatic rings. The van der Waals surface area contributed by atoms with Crippen molar-refractivity contribution in [2.75, 3.05) is 0 Å². The van der Waals surface area contributed by atoms with E-state index in [4.69, 9.17) is 0 Å². The van der Waals surface area contributed by atoms with E-state index < -0.39 is 11.7 Å². The maximum Gasteiger partial charge on any atom is 0.416 e. The molecule has 0 aromatic heterocycles. The first-order valence-corrected chi connectivity index (χ1v) is 8.11. The second-order valence-corrected chi connectivity index (χ2v) is 4.21. The van der Waals surface area contributed by atoms with Crippen molar-refractivity contribution in [2.45, 2.75) is 54.1 Å². The van der Waals surface area contributed by atoms with Crippen LogP contribution in [0.15, 0.2) is 54.6 Å². The molecule has 0 aliphatic carbocycles. The predicted octanol–water partition coefficient (Wildman–Crippen LogP) is 7.32. The summed E-state index contributed by atoms with van der Waals surface area (Å²) < 4.78 is 35.9. The van der Waals surface area contributed by atoms with Gasteiger partial charge in [-0.15, -0.1) is 0 Å². The van der Waals surface area contributed by atoms with Crippen LogP contribution in [0.1, 0.15) is 51.3 Å². The van der Waals surface area contributed by atoms with Crippen LogP contribution in [0.25, 0.3) is 0 Å². The molecule has 0 unspecified atom stereocenters. The van der Waals surface area contributed by atoms with Crippen LogP contribution in [0, 0.1) is 6.92 Å². The van der Waals surface area contributed by atoms with Crippen LogP contribution in [-0.2, 0) is 12.6 Å². The van der Waals surface area contributed by atoms with Crippen LogP contribution in [0.4, 0.5) is 13.2 Å². The third kappa shape index (κ3) is 11.5. The SMILES string of the molecule is CC.CC.CCc1ccccc1.Cc1cccc(C(F)(F)F)c1. The van der Waals surface area contributed by atoms with Gasteiger partial charge in [-0.05, 0) is 25.0 Å². The Morgan fingerprint density at radius 1 is 0.783 bits per heavy atom. The summed E-state index contributed by atoms with van der Waals surface area (Å²) in [6.45, 7) is 11.8. The first kappa shape index (κ1) is 23.5. The van der Waals surface area contributed by atoms with Crippen LogP contribution in [0.2, 0.25) is 0 Å². The molecule has 0 aliphatic heterocycles. The Balaban J connectivity index is 0. The van der Waals surface area contributed by atoms with Gasteiger partial charge in [0.15, 0.2) is 0 Å². The average Bonchev–Trinajstić information content (AvgIpc) is 2.59. The topological polar surface area (TPSA) is 0 Å². The van der Waals surface area contributed by atoms with E-state index in [1.807, 2.05) is 33.8 Å². The van der Waals surface area contributed by atoms with Crippen molar-refractivity contribution in [2.24, 2.45) is 0 Å². The summed E-state index contributed by atoms with van der Waals surface area (Å²) >= 11 is 0. The van der Waals surface area contributed by atoms with Crippen LogP contribution < -0.4 is 0 Å². The molecule has 130 valence electrons. The number of hydrogen-bond donors (Lipinski definition) is 0. The number of aryl methyl sites for hydroxylation is 2. The third-order valence-corrected chi connectivity index (χ3v) is 2.60. The maximum absolute atomic E-state index is 12.0. The van der Waals surface area contributed by atoms with Crippen LogP contribution in [0.3, 0.4) is 0 Å². The summed E-state index contributed by atoms with van der Waals surface area (Å²) in [6.07, 6.45) is -3.08. The van der Waals surface area contributed by atoms with Gasteiger partial charge in [-0.1, -0.05) is 88.7 Å². The lowest BCUT2D eigenvalue weighted by Gasteiger charge is -2.05. The lowest BCUT2D eigenvalue weighted by molar-refractivity contribution is -0.137. The zero-order chi connectivity index (χ0) is 18.3. The van der Waals surface area contributed by atoms with Gasteiger partial charge in [-0.2, -0.15) is 13.2 Å². The standard InChI is InChI=1S/C8H7F3.C8H10.2C2H6/c1-6-3-2-4-7(5-6)8(9,10)11;1-2-8-6-4-3-5-7-8;2*1-2/h2-5H,1H3;3-7H,2H2,1H3;2*1-2H3. The highest BCUT2D eigenvalue weighted by Crippen LogP contribution is 2.29. The van der Waals surface area contributed by atoms with E-state index >= 15 is 0 Å². The molecule has 0 amide bonds. The molecule has 2 rings (SSSR count). The van der Waals surface area contributed by atoms with Gasteiger partial charge < -0.3 is 0 Å². The quantitative estimate of drug-likeness (QED) is 0.515. The monoisotopic (exact) mass is 326 g/mol. The molecular formula is C20H29F3. The lowest BCUT2D eigenvalue weighted by atomic mass is 10.1. The number of alkyl halides is 3. The molecule has 0 spiro atoms. The van der Waals surface area contributed by atoms with Gasteiger partial charge in [0.05, 0.1) is 5.56 Å². The van der Waals surface area contributed by atoms with Gasteiger partial charge in [-0.3, -0.25) is 0 Å². The Labute approximate surface area is 139 Å². The highest BCUT2D eigenvalue weighted by atomic mass is 19.4. The first-order valence-electron chi connectivity index (χ1n) is 8.11. The lowest BCUT2D eigenvalue weighted by Crippen LogP contribution is -2.04. The van der Waals surface area contributed by atoms with Gasteiger partial charge in [0.1, 0.15) is 0 Å². The molecular weight excluding hydrogens is 297 g/mol. The van der Waals surface area contributed by atoms with Gasteiger partial charge in [0, 0.05) is 0 Å². The van der Waals surface area contributed by atoms with Crippen molar-refractivity contribution >= 4 is 0 Å². The van der Waals surface area contributed by atoms with Gasteiger partial charge >= 0.3 is 6.18 Å². The Morgan fingerprint density at radius 3 is 1.61 bits per heavy atom. The molecule has 0 fully saturated rings. The largest absolute Gasteiger partial charge is 0.416 e. The molecule has 0 atom stereocenters. The number of halogens is 3. The van der Waals surface area contributed by atoms with Crippen LogP contribution in [0.5, 0.6) is 0 Å². The van der Waals surface area contributed by atoms with Crippen molar-refractivity contribution in [3.63, 3.8) is 0 Å². The molecule has 0 radical (unpaired) electrons. The molecule has 2 aromatic carbocycles. The second-order valence-electron chi connectivity index (χ2n) is 4.21. The number of benzene rings is 2. The fourth-order valence-electron chi connectivity index (χ4n) is 1.54. The normalized spacial score (nSPS) is 9.26. The summed E-state index contributed by atoms with van der Waals surface area (Å²) in [7, 11) is 0. The number of hydrogen-bond acceptors (Lipinski definition) is 0. The molecule has 2 aromatic rings. The van der Waals surface area contributed by atoms with E-state index in [0.717, 1.165) is 18.6 Å². The molecule has 0 N–H and O–H groups in total. The van der Waals surface area contributed by atoms with E-state index in [-0.39, 0.29) is 0 Å². The van der Waals surface area contributed by atoms with Crippen molar-refractivity contribution in [1.82, 2.24) is 0 Å². The van der Waals surface area contributed by atoms with Crippen molar-refractivity contribution in [3.8, 4) is 0 Å². The molecule has 0 bridgehead atoms. The summed E-state index contributed by atoms with van der Waals surface area (Å²) in [6, 6.07) is 15.7. The van der Waals surface area contributed by atoms with Crippen LogP contribution >= 0.6 is 0 Å². The summed E-state index contributed by atoms with van der Waals surface area (Å²) in [5.74, 6) is 0. The maximum atomic E-state index is 12.0. The van der Waals surface area contributed by atoms with E-state index in [0.29, 0.717) is 5.56 Å². The van der Waals surface area contributed by atoms with E-state index in [1.54, 1.807) is 13.0 Å². The second kappa shape index (κ2) is 13.9. The number of rotatable bonds is 1. The smallest absolute Gasteiger partial charge is 0.166 e. The Morgan fingerprint density at radius 2 is 1.30 bits per heavy atom. The van der Waals surface area contributed by atoms with Crippen molar-refractivity contribution < 1.29 is 13.2 Å². The van der Waals surface area contributed by atoms with Gasteiger partial charge in [0.2, 0.25) is 0 Å². The molecule has 3 heteroatoms. The van der Waals surface area contributed by atoms with E-state index in [9.17, 15) is 13.2 Å². The molecule has 0 heterocycles. The summed E-state index contributed by atoms with van der Waals surface area (Å²) in [5, 5.41) is 0. The van der Waals surface area contributed by atoms with Crippen LogP contribution in [-0.4, -0.2) is 0 Å². The minimum absolute atomic E-state index is 0.586. The highest BCUT2D eigenvalue weighted by molar-refractivity contribution is 5.24. The predicted molar refractivity (Wildman–Crippen MR) is 94.7 cm³/mol. The van der Waals surface area contributed by atoms with Crippen molar-refractivity contribution in [1.29, 1.82) is 0 Å². The zero-order valence-corrected chi connectivity index (χ0v) is 15.0. The van der Waals surface area contributed by atoms with Gasteiger partial charge in [-0.25, -0.2) is 0 Å². The summed E-state index contributed by atoms with van der Waals surface area (Å²) in [4.78, 5) is 0. The zero-order valence-electron chi connectivity index (χ0n) is 15.0. The first-order chi connectivity index (χ1) is 10.9. The Kier molecular flexibility index (Phi) is 14.2.